The highest BCUT2D eigenvalue weighted by Crippen LogP contribution is 2.14. The van der Waals surface area contributed by atoms with Crippen LogP contribution >= 0.6 is 0 Å². The highest BCUT2D eigenvalue weighted by molar-refractivity contribution is 5.75. The van der Waals surface area contributed by atoms with Gasteiger partial charge in [0.15, 0.2) is 0 Å². The van der Waals surface area contributed by atoms with Gasteiger partial charge < -0.3 is 14.6 Å². The summed E-state index contributed by atoms with van der Waals surface area (Å²) >= 11 is 0. The largest absolute Gasteiger partial charge is 0.380 e. The van der Waals surface area contributed by atoms with E-state index in [4.69, 9.17) is 4.74 Å². The molecule has 0 saturated carbocycles. The van der Waals surface area contributed by atoms with Crippen LogP contribution in [0.5, 0.6) is 0 Å². The maximum absolute atomic E-state index is 5.54. The summed E-state index contributed by atoms with van der Waals surface area (Å²) < 4.78 is 7.70. The molecule has 1 N–H and O–H groups in total. The quantitative estimate of drug-likeness (QED) is 0.844. The minimum atomic E-state index is 0.356. The van der Waals surface area contributed by atoms with Gasteiger partial charge in [-0.15, -0.1) is 0 Å². The molecule has 4 heteroatoms. The number of hydrogen-bond donors (Lipinski definition) is 1. The van der Waals surface area contributed by atoms with Crippen LogP contribution in [0, 0.1) is 5.92 Å². The first kappa shape index (κ1) is 15.0. The molecule has 0 aliphatic heterocycles. The number of benzene rings is 1. The van der Waals surface area contributed by atoms with E-state index < -0.39 is 0 Å². The van der Waals surface area contributed by atoms with Crippen LogP contribution in [0.3, 0.4) is 0 Å². The Bertz CT molecular complexity index is 548. The second kappa shape index (κ2) is 6.86. The smallest absolute Gasteiger partial charge is 0.123 e. The van der Waals surface area contributed by atoms with E-state index in [0.29, 0.717) is 12.0 Å². The van der Waals surface area contributed by atoms with Crippen molar-refractivity contribution < 1.29 is 4.74 Å². The molecular formula is C16H25N3O. The highest BCUT2D eigenvalue weighted by Gasteiger charge is 2.14. The van der Waals surface area contributed by atoms with E-state index in [-0.39, 0.29) is 0 Å². The van der Waals surface area contributed by atoms with Gasteiger partial charge in [-0.2, -0.15) is 0 Å². The zero-order chi connectivity index (χ0) is 14.5. The Morgan fingerprint density at radius 3 is 2.70 bits per heavy atom. The van der Waals surface area contributed by atoms with Gasteiger partial charge in [-0.1, -0.05) is 26.0 Å². The predicted octanol–water partition coefficient (Wildman–Crippen LogP) is 2.72. The van der Waals surface area contributed by atoms with Crippen molar-refractivity contribution in [1.82, 2.24) is 14.9 Å². The number of para-hydroxylation sites is 2. The van der Waals surface area contributed by atoms with Crippen LogP contribution in [-0.4, -0.2) is 28.8 Å². The standard InChI is InChI=1S/C16H25N3O/c1-5-20-11-14(12(2)3)17-10-16-18-13-8-6-7-9-15(13)19(16)4/h6-9,12,14,17H,5,10-11H2,1-4H3. The van der Waals surface area contributed by atoms with Crippen LogP contribution in [0.2, 0.25) is 0 Å². The molecular weight excluding hydrogens is 250 g/mol. The summed E-state index contributed by atoms with van der Waals surface area (Å²) in [6, 6.07) is 8.59. The van der Waals surface area contributed by atoms with Gasteiger partial charge in [0.05, 0.1) is 24.2 Å². The summed E-state index contributed by atoms with van der Waals surface area (Å²) in [6.45, 7) is 8.73. The minimum Gasteiger partial charge on any atom is -0.380 e. The third-order valence-corrected chi connectivity index (χ3v) is 3.71. The molecule has 1 atom stereocenters. The van der Waals surface area contributed by atoms with E-state index in [2.05, 4.69) is 47.9 Å². The Hall–Kier alpha value is -1.39. The lowest BCUT2D eigenvalue weighted by atomic mass is 10.1. The van der Waals surface area contributed by atoms with Gasteiger partial charge in [0.2, 0.25) is 0 Å². The first-order valence-corrected chi connectivity index (χ1v) is 7.35. The number of ether oxygens (including phenoxy) is 1. The lowest BCUT2D eigenvalue weighted by Gasteiger charge is -2.22. The van der Waals surface area contributed by atoms with Gasteiger partial charge >= 0.3 is 0 Å². The van der Waals surface area contributed by atoms with Crippen molar-refractivity contribution in [2.45, 2.75) is 33.4 Å². The summed E-state index contributed by atoms with van der Waals surface area (Å²) in [5.41, 5.74) is 2.23. The molecule has 0 fully saturated rings. The van der Waals surface area contributed by atoms with Gasteiger partial charge in [-0.25, -0.2) is 4.98 Å². The van der Waals surface area contributed by atoms with Crippen molar-refractivity contribution in [3.05, 3.63) is 30.1 Å². The molecule has 0 aliphatic rings. The minimum absolute atomic E-state index is 0.356. The molecule has 0 aliphatic carbocycles. The third-order valence-electron chi connectivity index (χ3n) is 3.71. The summed E-state index contributed by atoms with van der Waals surface area (Å²) in [7, 11) is 2.07. The number of imidazole rings is 1. The number of nitrogens with zero attached hydrogens (tertiary/aromatic N) is 2. The van der Waals surface area contributed by atoms with E-state index in [1.54, 1.807) is 0 Å². The molecule has 1 aromatic heterocycles. The van der Waals surface area contributed by atoms with Crippen LogP contribution in [0.4, 0.5) is 0 Å². The maximum Gasteiger partial charge on any atom is 0.123 e. The molecule has 20 heavy (non-hydrogen) atoms. The zero-order valence-corrected chi connectivity index (χ0v) is 12.9. The van der Waals surface area contributed by atoms with Crippen LogP contribution in [0.25, 0.3) is 11.0 Å². The summed E-state index contributed by atoms with van der Waals surface area (Å²) in [6.07, 6.45) is 0. The fraction of sp³-hybridized carbons (Fsp3) is 0.562. The van der Waals surface area contributed by atoms with E-state index >= 15 is 0 Å². The van der Waals surface area contributed by atoms with Crippen molar-refractivity contribution in [1.29, 1.82) is 0 Å². The Kier molecular flexibility index (Phi) is 5.15. The molecule has 0 bridgehead atoms. The van der Waals surface area contributed by atoms with Crippen LogP contribution < -0.4 is 5.32 Å². The van der Waals surface area contributed by atoms with Gasteiger partial charge in [-0.3, -0.25) is 0 Å². The number of aromatic nitrogens is 2. The Balaban J connectivity index is 2.05. The zero-order valence-electron chi connectivity index (χ0n) is 12.9. The third kappa shape index (κ3) is 3.38. The molecule has 0 amide bonds. The van der Waals surface area contributed by atoms with Crippen molar-refractivity contribution in [2.24, 2.45) is 13.0 Å². The number of hydrogen-bond acceptors (Lipinski definition) is 3. The second-order valence-electron chi connectivity index (χ2n) is 5.47. The Morgan fingerprint density at radius 1 is 1.30 bits per heavy atom. The average molecular weight is 275 g/mol. The van der Waals surface area contributed by atoms with E-state index in [0.717, 1.165) is 31.1 Å². The van der Waals surface area contributed by atoms with Crippen molar-refractivity contribution in [3.63, 3.8) is 0 Å². The lowest BCUT2D eigenvalue weighted by Crippen LogP contribution is -2.38. The van der Waals surface area contributed by atoms with Crippen molar-refractivity contribution in [2.75, 3.05) is 13.2 Å². The van der Waals surface area contributed by atoms with Crippen LogP contribution in [-0.2, 0) is 18.3 Å². The molecule has 4 nitrogen and oxygen atoms in total. The van der Waals surface area contributed by atoms with Crippen molar-refractivity contribution in [3.8, 4) is 0 Å². The molecule has 110 valence electrons. The van der Waals surface area contributed by atoms with E-state index in [1.165, 1.54) is 5.52 Å². The molecule has 0 spiro atoms. The Labute approximate surface area is 121 Å². The predicted molar refractivity (Wildman–Crippen MR) is 82.7 cm³/mol. The second-order valence-corrected chi connectivity index (χ2v) is 5.47. The van der Waals surface area contributed by atoms with Gasteiger partial charge in [0, 0.05) is 19.7 Å². The van der Waals surface area contributed by atoms with Crippen LogP contribution in [0.15, 0.2) is 24.3 Å². The number of fused-ring (bicyclic) bond motifs is 1. The molecule has 2 rings (SSSR count). The first-order valence-electron chi connectivity index (χ1n) is 7.35. The van der Waals surface area contributed by atoms with E-state index in [9.17, 15) is 0 Å². The monoisotopic (exact) mass is 275 g/mol. The fourth-order valence-corrected chi connectivity index (χ4v) is 2.31. The summed E-state index contributed by atoms with van der Waals surface area (Å²) in [5, 5.41) is 3.56. The maximum atomic E-state index is 5.54. The van der Waals surface area contributed by atoms with E-state index in [1.807, 2.05) is 19.1 Å². The Morgan fingerprint density at radius 2 is 2.05 bits per heavy atom. The van der Waals surface area contributed by atoms with Crippen LogP contribution in [0.1, 0.15) is 26.6 Å². The summed E-state index contributed by atoms with van der Waals surface area (Å²) in [5.74, 6) is 1.60. The normalized spacial score (nSPS) is 13.2. The van der Waals surface area contributed by atoms with Gasteiger partial charge in [0.1, 0.15) is 5.82 Å². The SMILES string of the molecule is CCOCC(NCc1nc2ccccc2n1C)C(C)C. The van der Waals surface area contributed by atoms with Crippen molar-refractivity contribution >= 4 is 11.0 Å². The topological polar surface area (TPSA) is 39.1 Å². The molecule has 0 saturated heterocycles. The molecule has 1 unspecified atom stereocenters. The molecule has 2 aromatic rings. The van der Waals surface area contributed by atoms with Gasteiger partial charge in [0.25, 0.3) is 0 Å². The number of aryl methyl sites for hydroxylation is 1. The van der Waals surface area contributed by atoms with Gasteiger partial charge in [-0.05, 0) is 25.0 Å². The fourth-order valence-electron chi connectivity index (χ4n) is 2.31. The first-order chi connectivity index (χ1) is 9.63. The lowest BCUT2D eigenvalue weighted by molar-refractivity contribution is 0.107. The molecule has 0 radical (unpaired) electrons. The summed E-state index contributed by atoms with van der Waals surface area (Å²) in [4.78, 5) is 4.68. The molecule has 1 heterocycles. The average Bonchev–Trinajstić information content (AvgIpc) is 2.76. The highest BCUT2D eigenvalue weighted by atomic mass is 16.5. The number of nitrogens with one attached hydrogen (secondary N) is 1. The molecule has 1 aromatic carbocycles. The number of rotatable bonds is 7.